The van der Waals surface area contributed by atoms with Gasteiger partial charge in [-0.1, -0.05) is 0 Å². The average molecular weight is 274 g/mol. The lowest BCUT2D eigenvalue weighted by Gasteiger charge is -2.32. The summed E-state index contributed by atoms with van der Waals surface area (Å²) in [5.74, 6) is -0.731. The molecule has 0 unspecified atom stereocenters. The van der Waals surface area contributed by atoms with Crippen LogP contribution in [0.4, 0.5) is 11.4 Å². The third-order valence-corrected chi connectivity index (χ3v) is 4.23. The molecule has 2 heterocycles. The van der Waals surface area contributed by atoms with Crippen molar-refractivity contribution in [1.29, 1.82) is 0 Å². The van der Waals surface area contributed by atoms with Gasteiger partial charge in [-0.2, -0.15) is 0 Å². The van der Waals surface area contributed by atoms with Crippen molar-refractivity contribution < 1.29 is 14.3 Å². The molecule has 1 aromatic rings. The molecule has 2 aliphatic heterocycles. The average Bonchev–Trinajstić information content (AvgIpc) is 3.26. The number of nitrogens with zero attached hydrogens (tertiary/aromatic N) is 1. The molecular weight excluding hydrogens is 256 g/mol. The van der Waals surface area contributed by atoms with Crippen LogP contribution in [0, 0.1) is 5.92 Å². The maximum Gasteiger partial charge on any atom is 0.292 e. The van der Waals surface area contributed by atoms with Crippen LogP contribution >= 0.6 is 0 Å². The van der Waals surface area contributed by atoms with Crippen molar-refractivity contribution in [2.24, 2.45) is 5.92 Å². The smallest absolute Gasteiger partial charge is 0.292 e. The van der Waals surface area contributed by atoms with Crippen LogP contribution in [0.15, 0.2) is 18.2 Å². The molecule has 106 valence electrons. The van der Waals surface area contributed by atoms with Gasteiger partial charge < -0.3 is 20.1 Å². The number of carbonyl (C=O) groups excluding carboxylic acids is 1. The quantitative estimate of drug-likeness (QED) is 0.832. The first kappa shape index (κ1) is 12.2. The number of amides is 1. The monoisotopic (exact) mass is 274 g/mol. The summed E-state index contributed by atoms with van der Waals surface area (Å²) in [5, 5.41) is 0. The highest BCUT2D eigenvalue weighted by Crippen LogP contribution is 2.47. The summed E-state index contributed by atoms with van der Waals surface area (Å²) >= 11 is 0. The lowest BCUT2D eigenvalue weighted by Crippen LogP contribution is -2.47. The van der Waals surface area contributed by atoms with Crippen LogP contribution in [0.5, 0.6) is 0 Å². The van der Waals surface area contributed by atoms with E-state index in [1.807, 2.05) is 23.1 Å². The van der Waals surface area contributed by atoms with Crippen LogP contribution in [0.2, 0.25) is 0 Å². The molecule has 2 N–H and O–H groups in total. The number of nitrogens with two attached hydrogens (primary N) is 1. The van der Waals surface area contributed by atoms with E-state index in [0.717, 1.165) is 24.2 Å². The first-order valence-corrected chi connectivity index (χ1v) is 7.20. The van der Waals surface area contributed by atoms with Crippen LogP contribution in [0.3, 0.4) is 0 Å². The van der Waals surface area contributed by atoms with E-state index in [1.165, 1.54) is 12.8 Å². The van der Waals surface area contributed by atoms with E-state index in [2.05, 4.69) is 0 Å². The number of anilines is 2. The number of nitrogen functional groups attached to an aromatic ring is 1. The maximum absolute atomic E-state index is 12.8. The van der Waals surface area contributed by atoms with Gasteiger partial charge in [-0.3, -0.25) is 4.79 Å². The van der Waals surface area contributed by atoms with Gasteiger partial charge in [-0.05, 0) is 43.4 Å². The lowest BCUT2D eigenvalue weighted by atomic mass is 10.1. The molecule has 0 aromatic heterocycles. The summed E-state index contributed by atoms with van der Waals surface area (Å²) in [4.78, 5) is 14.7. The number of ether oxygens (including phenoxy) is 2. The summed E-state index contributed by atoms with van der Waals surface area (Å²) in [7, 11) is 0. The summed E-state index contributed by atoms with van der Waals surface area (Å²) < 4.78 is 11.6. The van der Waals surface area contributed by atoms with E-state index in [0.29, 0.717) is 24.8 Å². The fourth-order valence-electron chi connectivity index (χ4n) is 3.01. The summed E-state index contributed by atoms with van der Waals surface area (Å²) in [5.41, 5.74) is 8.16. The predicted molar refractivity (Wildman–Crippen MR) is 74.1 cm³/mol. The Labute approximate surface area is 117 Å². The van der Waals surface area contributed by atoms with Gasteiger partial charge in [0.05, 0.1) is 18.9 Å². The van der Waals surface area contributed by atoms with E-state index >= 15 is 0 Å². The van der Waals surface area contributed by atoms with Crippen LogP contribution < -0.4 is 10.6 Å². The summed E-state index contributed by atoms with van der Waals surface area (Å²) in [6.07, 6.45) is 3.21. The molecule has 5 heteroatoms. The van der Waals surface area contributed by atoms with Gasteiger partial charge in [0.15, 0.2) is 0 Å². The minimum atomic E-state index is -1.25. The van der Waals surface area contributed by atoms with E-state index < -0.39 is 5.79 Å². The third kappa shape index (κ3) is 1.66. The van der Waals surface area contributed by atoms with Crippen LogP contribution in [0.25, 0.3) is 0 Å². The molecule has 1 amide bonds. The second-order valence-corrected chi connectivity index (χ2v) is 5.80. The van der Waals surface area contributed by atoms with Gasteiger partial charge in [-0.25, -0.2) is 0 Å². The van der Waals surface area contributed by atoms with Crippen LogP contribution in [0.1, 0.15) is 24.8 Å². The third-order valence-electron chi connectivity index (χ3n) is 4.23. The number of hydrogen-bond donors (Lipinski definition) is 1. The molecule has 1 spiro atoms. The van der Waals surface area contributed by atoms with E-state index in [9.17, 15) is 4.79 Å². The molecule has 0 bridgehead atoms. The highest BCUT2D eigenvalue weighted by Gasteiger charge is 2.55. The summed E-state index contributed by atoms with van der Waals surface area (Å²) in [6, 6.07) is 5.54. The normalized spacial score (nSPS) is 24.2. The van der Waals surface area contributed by atoms with Crippen molar-refractivity contribution in [3.8, 4) is 0 Å². The maximum atomic E-state index is 12.8. The van der Waals surface area contributed by atoms with Crippen molar-refractivity contribution in [2.75, 3.05) is 30.4 Å². The number of fused-ring (bicyclic) bond motifs is 2. The van der Waals surface area contributed by atoms with Crippen molar-refractivity contribution in [2.45, 2.75) is 25.0 Å². The first-order valence-electron chi connectivity index (χ1n) is 7.20. The van der Waals surface area contributed by atoms with E-state index in [-0.39, 0.29) is 5.91 Å². The van der Waals surface area contributed by atoms with Gasteiger partial charge in [0.1, 0.15) is 0 Å². The summed E-state index contributed by atoms with van der Waals surface area (Å²) in [6.45, 7) is 1.83. The number of rotatable bonds is 2. The molecule has 2 fully saturated rings. The largest absolute Gasteiger partial charge is 0.399 e. The molecule has 0 atom stereocenters. The SMILES string of the molecule is Nc1ccc2c(c1)C1(OCCCO1)C(=O)N2CC1CC1. The number of benzene rings is 1. The van der Waals surface area contributed by atoms with Crippen LogP contribution in [-0.2, 0) is 20.1 Å². The fraction of sp³-hybridized carbons (Fsp3) is 0.533. The Morgan fingerprint density at radius 2 is 2.05 bits per heavy atom. The Bertz CT molecular complexity index is 562. The van der Waals surface area contributed by atoms with E-state index in [4.69, 9.17) is 15.2 Å². The zero-order valence-corrected chi connectivity index (χ0v) is 11.3. The molecule has 5 nitrogen and oxygen atoms in total. The van der Waals surface area contributed by atoms with Crippen molar-refractivity contribution in [3.63, 3.8) is 0 Å². The van der Waals surface area contributed by atoms with Crippen molar-refractivity contribution in [1.82, 2.24) is 0 Å². The highest BCUT2D eigenvalue weighted by atomic mass is 16.7. The molecule has 1 aromatic carbocycles. The molecular formula is C15H18N2O3. The predicted octanol–water partition coefficient (Wildman–Crippen LogP) is 1.62. The molecule has 1 saturated carbocycles. The number of hydrogen-bond acceptors (Lipinski definition) is 4. The van der Waals surface area contributed by atoms with Crippen molar-refractivity contribution >= 4 is 17.3 Å². The zero-order chi connectivity index (χ0) is 13.7. The molecule has 20 heavy (non-hydrogen) atoms. The minimum Gasteiger partial charge on any atom is -0.399 e. The molecule has 3 aliphatic rings. The minimum absolute atomic E-state index is 0.0929. The van der Waals surface area contributed by atoms with Gasteiger partial charge >= 0.3 is 0 Å². The van der Waals surface area contributed by atoms with E-state index in [1.54, 1.807) is 0 Å². The topological polar surface area (TPSA) is 64.8 Å². The fourth-order valence-corrected chi connectivity index (χ4v) is 3.01. The zero-order valence-electron chi connectivity index (χ0n) is 11.3. The molecule has 4 rings (SSSR count). The van der Waals surface area contributed by atoms with Crippen LogP contribution in [-0.4, -0.2) is 25.7 Å². The lowest BCUT2D eigenvalue weighted by molar-refractivity contribution is -0.256. The molecule has 0 radical (unpaired) electrons. The highest BCUT2D eigenvalue weighted by molar-refractivity contribution is 6.06. The van der Waals surface area contributed by atoms with Gasteiger partial charge in [0.25, 0.3) is 11.7 Å². The Balaban J connectivity index is 1.80. The van der Waals surface area contributed by atoms with Gasteiger partial charge in [0, 0.05) is 17.8 Å². The molecule has 1 aliphatic carbocycles. The standard InChI is InChI=1S/C15H18N2O3/c16-11-4-5-13-12(8-11)15(19-6-1-7-20-15)14(18)17(13)9-10-2-3-10/h4-5,8,10H,1-3,6-7,9,16H2. The Morgan fingerprint density at radius 1 is 1.30 bits per heavy atom. The Kier molecular flexibility index (Phi) is 2.56. The Morgan fingerprint density at radius 3 is 2.75 bits per heavy atom. The number of carbonyl (C=O) groups is 1. The Hall–Kier alpha value is -1.59. The second-order valence-electron chi connectivity index (χ2n) is 5.80. The van der Waals surface area contributed by atoms with Gasteiger partial charge in [-0.15, -0.1) is 0 Å². The first-order chi connectivity index (χ1) is 9.71. The van der Waals surface area contributed by atoms with Gasteiger partial charge in [0.2, 0.25) is 0 Å². The molecule has 1 saturated heterocycles. The van der Waals surface area contributed by atoms with Crippen molar-refractivity contribution in [3.05, 3.63) is 23.8 Å². The second kappa shape index (κ2) is 4.20.